The van der Waals surface area contributed by atoms with Crippen molar-refractivity contribution in [3.8, 4) is 0 Å². The highest BCUT2D eigenvalue weighted by molar-refractivity contribution is 7.10. The first-order valence-electron chi connectivity index (χ1n) is 3.96. The van der Waals surface area contributed by atoms with Gasteiger partial charge in [0.2, 0.25) is 4.47 Å². The minimum absolute atomic E-state index is 0.246. The van der Waals surface area contributed by atoms with Crippen molar-refractivity contribution in [3.63, 3.8) is 0 Å². The minimum Gasteiger partial charge on any atom is -0.208 e. The maximum absolute atomic E-state index is 12.8. The molecule has 14 heavy (non-hydrogen) atoms. The van der Waals surface area contributed by atoms with E-state index in [1.165, 1.54) is 12.1 Å². The van der Waals surface area contributed by atoms with Gasteiger partial charge in [-0.25, -0.2) is 9.37 Å². The molecule has 0 atom stereocenters. The summed E-state index contributed by atoms with van der Waals surface area (Å²) in [7, 11) is 0. The van der Waals surface area contributed by atoms with Crippen LogP contribution in [0.2, 0.25) is 4.47 Å². The highest BCUT2D eigenvalue weighted by Gasteiger charge is 2.03. The Morgan fingerprint density at radius 2 is 2.29 bits per heavy atom. The van der Waals surface area contributed by atoms with E-state index in [0.29, 0.717) is 16.7 Å². The quantitative estimate of drug-likeness (QED) is 0.790. The molecule has 1 aromatic heterocycles. The highest BCUT2D eigenvalue weighted by atomic mass is 35.5. The summed E-state index contributed by atoms with van der Waals surface area (Å²) in [5.41, 5.74) is 0.847. The van der Waals surface area contributed by atoms with Gasteiger partial charge in [0.05, 0.1) is 0 Å². The second-order valence-corrected chi connectivity index (χ2v) is 4.10. The number of rotatable bonds is 2. The van der Waals surface area contributed by atoms with Crippen molar-refractivity contribution in [3.05, 3.63) is 45.9 Å². The van der Waals surface area contributed by atoms with Crippen LogP contribution in [-0.4, -0.2) is 9.36 Å². The van der Waals surface area contributed by atoms with Crippen LogP contribution in [0.15, 0.2) is 24.3 Å². The van der Waals surface area contributed by atoms with Gasteiger partial charge < -0.3 is 0 Å². The molecule has 72 valence electrons. The fourth-order valence-electron chi connectivity index (χ4n) is 1.13. The van der Waals surface area contributed by atoms with E-state index in [9.17, 15) is 4.39 Å². The topological polar surface area (TPSA) is 25.8 Å². The molecule has 1 aromatic carbocycles. The Labute approximate surface area is 89.5 Å². The summed E-state index contributed by atoms with van der Waals surface area (Å²) in [6, 6.07) is 6.37. The number of aromatic nitrogens is 2. The molecule has 0 radical (unpaired) electrons. The van der Waals surface area contributed by atoms with Crippen molar-refractivity contribution in [1.29, 1.82) is 0 Å². The van der Waals surface area contributed by atoms with Crippen LogP contribution in [0.5, 0.6) is 0 Å². The van der Waals surface area contributed by atoms with Crippen LogP contribution in [0.4, 0.5) is 4.39 Å². The summed E-state index contributed by atoms with van der Waals surface area (Å²) in [5.74, 6) is 0.384. The van der Waals surface area contributed by atoms with E-state index >= 15 is 0 Å². The zero-order chi connectivity index (χ0) is 9.97. The van der Waals surface area contributed by atoms with Crippen molar-refractivity contribution in [2.24, 2.45) is 0 Å². The summed E-state index contributed by atoms with van der Waals surface area (Å²) in [5, 5.41) is 0. The predicted molar refractivity (Wildman–Crippen MR) is 54.1 cm³/mol. The zero-order valence-electron chi connectivity index (χ0n) is 7.08. The first-order chi connectivity index (χ1) is 6.74. The SMILES string of the molecule is Fc1cccc(Cc2nsc(Cl)n2)c1. The second-order valence-electron chi connectivity index (χ2n) is 2.77. The van der Waals surface area contributed by atoms with Crippen LogP contribution in [0, 0.1) is 5.82 Å². The molecule has 5 heteroatoms. The average Bonchev–Trinajstić information content (AvgIpc) is 2.51. The second kappa shape index (κ2) is 4.02. The van der Waals surface area contributed by atoms with Gasteiger partial charge in [0, 0.05) is 6.42 Å². The van der Waals surface area contributed by atoms with Crippen LogP contribution in [-0.2, 0) is 6.42 Å². The van der Waals surface area contributed by atoms with Crippen molar-refractivity contribution < 1.29 is 4.39 Å². The van der Waals surface area contributed by atoms with E-state index in [1.54, 1.807) is 6.07 Å². The molecule has 0 spiro atoms. The summed E-state index contributed by atoms with van der Waals surface area (Å²) >= 11 is 6.77. The van der Waals surface area contributed by atoms with Gasteiger partial charge in [-0.05, 0) is 40.8 Å². The maximum atomic E-state index is 12.8. The molecule has 2 nitrogen and oxygen atoms in total. The molecule has 0 N–H and O–H groups in total. The van der Waals surface area contributed by atoms with E-state index in [2.05, 4.69) is 9.36 Å². The third-order valence-corrected chi connectivity index (χ3v) is 2.53. The van der Waals surface area contributed by atoms with E-state index in [1.807, 2.05) is 6.07 Å². The lowest BCUT2D eigenvalue weighted by Gasteiger charge is -1.96. The first-order valence-corrected chi connectivity index (χ1v) is 5.12. The lowest BCUT2D eigenvalue weighted by molar-refractivity contribution is 0.626. The molecule has 0 fully saturated rings. The molecule has 0 unspecified atom stereocenters. The number of nitrogens with zero attached hydrogens (tertiary/aromatic N) is 2. The van der Waals surface area contributed by atoms with E-state index in [0.717, 1.165) is 17.1 Å². The molecule has 0 aliphatic rings. The minimum atomic E-state index is -0.246. The smallest absolute Gasteiger partial charge is 0.203 e. The van der Waals surface area contributed by atoms with Crippen molar-refractivity contribution in [2.45, 2.75) is 6.42 Å². The fourth-order valence-corrected chi connectivity index (χ4v) is 1.77. The van der Waals surface area contributed by atoms with E-state index in [-0.39, 0.29) is 5.82 Å². The summed E-state index contributed by atoms with van der Waals surface area (Å²) in [6.45, 7) is 0. The molecule has 0 saturated carbocycles. The molecular weight excluding hydrogens is 223 g/mol. The van der Waals surface area contributed by atoms with Crippen LogP contribution < -0.4 is 0 Å². The van der Waals surface area contributed by atoms with Gasteiger partial charge in [0.15, 0.2) is 0 Å². The number of halogens is 2. The number of hydrogen-bond donors (Lipinski definition) is 0. The van der Waals surface area contributed by atoms with Gasteiger partial charge in [0.1, 0.15) is 11.6 Å². The summed E-state index contributed by atoms with van der Waals surface area (Å²) in [6.07, 6.45) is 0.515. The Kier molecular flexibility index (Phi) is 2.74. The number of hydrogen-bond acceptors (Lipinski definition) is 3. The molecule has 2 aromatic rings. The van der Waals surface area contributed by atoms with Gasteiger partial charge in [-0.1, -0.05) is 12.1 Å². The van der Waals surface area contributed by atoms with Crippen LogP contribution >= 0.6 is 23.1 Å². The summed E-state index contributed by atoms with van der Waals surface area (Å²) < 4.78 is 17.2. The van der Waals surface area contributed by atoms with Crippen molar-refractivity contribution in [1.82, 2.24) is 9.36 Å². The van der Waals surface area contributed by atoms with Crippen molar-refractivity contribution in [2.75, 3.05) is 0 Å². The Morgan fingerprint density at radius 3 is 2.93 bits per heavy atom. The van der Waals surface area contributed by atoms with Crippen LogP contribution in [0.3, 0.4) is 0 Å². The zero-order valence-corrected chi connectivity index (χ0v) is 8.65. The molecule has 2 rings (SSSR count). The van der Waals surface area contributed by atoms with Gasteiger partial charge in [-0.15, -0.1) is 0 Å². The standard InChI is InChI=1S/C9H6ClFN2S/c10-9-12-8(13-14-9)5-6-2-1-3-7(11)4-6/h1-4H,5H2. The molecular formula is C9H6ClFN2S. The fraction of sp³-hybridized carbons (Fsp3) is 0.111. The average molecular weight is 229 g/mol. The lowest BCUT2D eigenvalue weighted by Crippen LogP contribution is -1.90. The Morgan fingerprint density at radius 1 is 1.43 bits per heavy atom. The molecule has 0 aliphatic carbocycles. The maximum Gasteiger partial charge on any atom is 0.203 e. The third-order valence-electron chi connectivity index (χ3n) is 1.69. The van der Waals surface area contributed by atoms with Gasteiger partial charge in [0.25, 0.3) is 0 Å². The summed E-state index contributed by atoms with van der Waals surface area (Å²) in [4.78, 5) is 3.99. The Bertz CT molecular complexity index is 444. The molecule has 0 aliphatic heterocycles. The Hall–Kier alpha value is -1.00. The van der Waals surface area contributed by atoms with Gasteiger partial charge in [-0.3, -0.25) is 0 Å². The lowest BCUT2D eigenvalue weighted by atomic mass is 10.1. The predicted octanol–water partition coefficient (Wildman–Crippen LogP) is 2.92. The van der Waals surface area contributed by atoms with E-state index < -0.39 is 0 Å². The van der Waals surface area contributed by atoms with Crippen LogP contribution in [0.25, 0.3) is 0 Å². The largest absolute Gasteiger partial charge is 0.208 e. The third kappa shape index (κ3) is 2.27. The van der Waals surface area contributed by atoms with Gasteiger partial charge in [-0.2, -0.15) is 4.37 Å². The molecule has 0 amide bonds. The molecule has 0 bridgehead atoms. The Balaban J connectivity index is 2.18. The monoisotopic (exact) mass is 228 g/mol. The van der Waals surface area contributed by atoms with Gasteiger partial charge >= 0.3 is 0 Å². The van der Waals surface area contributed by atoms with E-state index in [4.69, 9.17) is 11.6 Å². The molecule has 1 heterocycles. The molecule has 0 saturated heterocycles. The number of benzene rings is 1. The highest BCUT2D eigenvalue weighted by Crippen LogP contribution is 2.14. The van der Waals surface area contributed by atoms with Crippen LogP contribution in [0.1, 0.15) is 11.4 Å². The first kappa shape index (κ1) is 9.55. The van der Waals surface area contributed by atoms with Crippen molar-refractivity contribution >= 4 is 23.1 Å². The normalized spacial score (nSPS) is 10.4.